The molecule has 1 aromatic heterocycles. The van der Waals surface area contributed by atoms with E-state index < -0.39 is 21.6 Å². The van der Waals surface area contributed by atoms with Gasteiger partial charge in [0.2, 0.25) is 5.78 Å². The van der Waals surface area contributed by atoms with E-state index in [1.54, 1.807) is 32.3 Å². The second kappa shape index (κ2) is 8.05. The van der Waals surface area contributed by atoms with E-state index in [0.717, 1.165) is 15.6 Å². The van der Waals surface area contributed by atoms with Crippen LogP contribution in [0.2, 0.25) is 0 Å². The molecule has 0 atom stereocenters. The lowest BCUT2D eigenvalue weighted by molar-refractivity contribution is 0.103. The van der Waals surface area contributed by atoms with E-state index in [1.807, 2.05) is 6.92 Å². The van der Waals surface area contributed by atoms with Gasteiger partial charge >= 0.3 is 0 Å². The zero-order valence-corrected chi connectivity index (χ0v) is 18.8. The van der Waals surface area contributed by atoms with E-state index >= 15 is 0 Å². The highest BCUT2D eigenvalue weighted by Crippen LogP contribution is 2.31. The van der Waals surface area contributed by atoms with E-state index in [4.69, 9.17) is 0 Å². The zero-order valence-electron chi connectivity index (χ0n) is 16.3. The fourth-order valence-corrected chi connectivity index (χ4v) is 4.78. The van der Waals surface area contributed by atoms with Crippen LogP contribution in [0.15, 0.2) is 63.6 Å². The van der Waals surface area contributed by atoms with Crippen LogP contribution in [0.5, 0.6) is 0 Å². The number of benzene rings is 2. The van der Waals surface area contributed by atoms with Crippen molar-refractivity contribution in [2.75, 3.05) is 14.1 Å². The second-order valence-corrected chi connectivity index (χ2v) is 9.53. The number of nitriles is 1. The van der Waals surface area contributed by atoms with Crippen LogP contribution >= 0.6 is 15.9 Å². The summed E-state index contributed by atoms with van der Waals surface area (Å²) in [5, 5.41) is 9.64. The molecule has 1 heterocycles. The molecule has 0 radical (unpaired) electrons. The van der Waals surface area contributed by atoms with E-state index in [0.29, 0.717) is 0 Å². The third-order valence-corrected chi connectivity index (χ3v) is 6.69. The van der Waals surface area contributed by atoms with Gasteiger partial charge in [-0.1, -0.05) is 17.7 Å². The van der Waals surface area contributed by atoms with E-state index in [9.17, 15) is 22.9 Å². The van der Waals surface area contributed by atoms with Crippen molar-refractivity contribution in [1.82, 2.24) is 8.87 Å². The normalized spacial score (nSPS) is 12.1. The average molecular weight is 490 g/mol. The molecule has 30 heavy (non-hydrogen) atoms. The van der Waals surface area contributed by atoms with Gasteiger partial charge in [-0.2, -0.15) is 5.26 Å². The number of aryl methyl sites for hydroxylation is 1. The summed E-state index contributed by atoms with van der Waals surface area (Å²) in [6, 6.07) is 11.7. The molecule has 154 valence electrons. The van der Waals surface area contributed by atoms with Crippen LogP contribution in [0.25, 0.3) is 10.9 Å². The number of allylic oxidation sites excluding steroid dienone is 1. The Morgan fingerprint density at radius 1 is 1.20 bits per heavy atom. The van der Waals surface area contributed by atoms with Gasteiger partial charge < -0.3 is 4.90 Å². The van der Waals surface area contributed by atoms with Crippen molar-refractivity contribution in [3.05, 3.63) is 75.8 Å². The van der Waals surface area contributed by atoms with Crippen LogP contribution in [0.4, 0.5) is 4.39 Å². The molecular formula is C21H17BrFN3O3S. The van der Waals surface area contributed by atoms with Crippen molar-refractivity contribution < 1.29 is 17.6 Å². The van der Waals surface area contributed by atoms with Crippen LogP contribution in [-0.4, -0.2) is 37.2 Å². The first-order chi connectivity index (χ1) is 14.1. The lowest BCUT2D eigenvalue weighted by Crippen LogP contribution is -2.20. The zero-order chi connectivity index (χ0) is 22.2. The summed E-state index contributed by atoms with van der Waals surface area (Å²) in [4.78, 5) is 14.6. The number of hydrogen-bond acceptors (Lipinski definition) is 5. The van der Waals surface area contributed by atoms with E-state index in [1.165, 1.54) is 35.4 Å². The minimum absolute atomic E-state index is 0.0322. The van der Waals surface area contributed by atoms with Gasteiger partial charge in [0.05, 0.1) is 14.9 Å². The largest absolute Gasteiger partial charge is 0.382 e. The summed E-state index contributed by atoms with van der Waals surface area (Å²) in [5.74, 6) is -1.38. The third kappa shape index (κ3) is 3.88. The predicted molar refractivity (Wildman–Crippen MR) is 115 cm³/mol. The Morgan fingerprint density at radius 3 is 2.40 bits per heavy atom. The summed E-state index contributed by atoms with van der Waals surface area (Å²) in [7, 11) is -0.943. The van der Waals surface area contributed by atoms with E-state index in [2.05, 4.69) is 15.9 Å². The first-order valence-electron chi connectivity index (χ1n) is 8.72. The van der Waals surface area contributed by atoms with Crippen molar-refractivity contribution in [1.29, 1.82) is 5.26 Å². The first kappa shape index (κ1) is 21.7. The molecule has 2 aromatic carbocycles. The molecule has 0 bridgehead atoms. The summed E-state index contributed by atoms with van der Waals surface area (Å²) < 4.78 is 41.9. The highest BCUT2D eigenvalue weighted by atomic mass is 79.9. The molecule has 0 spiro atoms. The molecule has 3 rings (SSSR count). The first-order valence-corrected chi connectivity index (χ1v) is 11.0. The molecule has 0 aliphatic heterocycles. The standard InChI is InChI=1S/C21H17BrFN3O3S/c1-13-4-6-16(7-5-13)30(28,29)26-19-10-17(22)18(23)8-14(19)9-20(26)21(27)15(11-24)12-25(2)3/h4-10,12H,1-3H3/b15-12+. The van der Waals surface area contributed by atoms with Crippen LogP contribution in [-0.2, 0) is 10.0 Å². The molecule has 0 amide bonds. The van der Waals surface area contributed by atoms with Gasteiger partial charge in [-0.3, -0.25) is 4.79 Å². The molecule has 3 aromatic rings. The number of ketones is 1. The average Bonchev–Trinajstić information content (AvgIpc) is 3.05. The Labute approximate surface area is 182 Å². The third-order valence-electron chi connectivity index (χ3n) is 4.34. The van der Waals surface area contributed by atoms with Gasteiger partial charge in [0.1, 0.15) is 23.2 Å². The maximum atomic E-state index is 14.1. The molecule has 6 nitrogen and oxygen atoms in total. The van der Waals surface area contributed by atoms with Crippen molar-refractivity contribution in [2.24, 2.45) is 0 Å². The smallest absolute Gasteiger partial charge is 0.268 e. The van der Waals surface area contributed by atoms with Crippen molar-refractivity contribution >= 4 is 42.6 Å². The predicted octanol–water partition coefficient (Wildman–Crippen LogP) is 4.24. The van der Waals surface area contributed by atoms with Gasteiger partial charge in [0.25, 0.3) is 10.0 Å². The Morgan fingerprint density at radius 2 is 1.83 bits per heavy atom. The van der Waals surface area contributed by atoms with E-state index in [-0.39, 0.29) is 31.5 Å². The quantitative estimate of drug-likeness (QED) is 0.304. The van der Waals surface area contributed by atoms with Gasteiger partial charge in [-0.05, 0) is 53.2 Å². The molecule has 9 heteroatoms. The number of hydrogen-bond donors (Lipinski definition) is 0. The number of rotatable bonds is 5. The van der Waals surface area contributed by atoms with Crippen molar-refractivity contribution in [3.8, 4) is 6.07 Å². The lowest BCUT2D eigenvalue weighted by Gasteiger charge is -2.12. The summed E-state index contributed by atoms with van der Waals surface area (Å²) >= 11 is 3.07. The number of fused-ring (bicyclic) bond motifs is 1. The van der Waals surface area contributed by atoms with Crippen molar-refractivity contribution in [3.63, 3.8) is 0 Å². The molecular weight excluding hydrogens is 473 g/mol. The monoisotopic (exact) mass is 489 g/mol. The lowest BCUT2D eigenvalue weighted by atomic mass is 10.1. The Balaban J connectivity index is 2.38. The maximum absolute atomic E-state index is 14.1. The number of carbonyl (C=O) groups excluding carboxylic acids is 1. The Hall–Kier alpha value is -2.96. The number of aromatic nitrogens is 1. The van der Waals surface area contributed by atoms with Crippen LogP contribution in [0.3, 0.4) is 0 Å². The Kier molecular flexibility index (Phi) is 5.83. The summed E-state index contributed by atoms with van der Waals surface area (Å²) in [6.45, 7) is 1.82. The minimum atomic E-state index is -4.21. The fraction of sp³-hybridized carbons (Fsp3) is 0.143. The molecule has 0 N–H and O–H groups in total. The Bertz CT molecular complexity index is 1330. The second-order valence-electron chi connectivity index (χ2n) is 6.88. The number of halogens is 2. The minimum Gasteiger partial charge on any atom is -0.382 e. The topological polar surface area (TPSA) is 83.2 Å². The molecule has 0 aliphatic rings. The highest BCUT2D eigenvalue weighted by Gasteiger charge is 2.28. The number of carbonyl (C=O) groups is 1. The summed E-state index contributed by atoms with van der Waals surface area (Å²) in [6.07, 6.45) is 1.30. The molecule has 0 unspecified atom stereocenters. The van der Waals surface area contributed by atoms with Crippen LogP contribution in [0.1, 0.15) is 16.1 Å². The fourth-order valence-electron chi connectivity index (χ4n) is 2.95. The number of nitrogens with zero attached hydrogens (tertiary/aromatic N) is 3. The SMILES string of the molecule is Cc1ccc(S(=O)(=O)n2c(C(=O)/C(C#N)=C/N(C)C)cc3cc(F)c(Br)cc32)cc1. The van der Waals surface area contributed by atoms with Gasteiger partial charge in [0, 0.05) is 25.7 Å². The highest BCUT2D eigenvalue weighted by molar-refractivity contribution is 9.10. The molecule has 0 saturated carbocycles. The van der Waals surface area contributed by atoms with Crippen molar-refractivity contribution in [2.45, 2.75) is 11.8 Å². The van der Waals surface area contributed by atoms with Gasteiger partial charge in [-0.25, -0.2) is 16.8 Å². The molecule has 0 aliphatic carbocycles. The summed E-state index contributed by atoms with van der Waals surface area (Å²) in [5.41, 5.74) is 0.489. The van der Waals surface area contributed by atoms with Gasteiger partial charge in [0.15, 0.2) is 0 Å². The number of Topliss-reactive ketones (excluding diaryl/α,β-unsaturated/α-hetero) is 1. The van der Waals surface area contributed by atoms with Gasteiger partial charge in [-0.15, -0.1) is 0 Å². The molecule has 0 saturated heterocycles. The van der Waals surface area contributed by atoms with Crippen LogP contribution < -0.4 is 0 Å². The van der Waals surface area contributed by atoms with Crippen LogP contribution in [0, 0.1) is 24.1 Å². The molecule has 0 fully saturated rings. The maximum Gasteiger partial charge on any atom is 0.268 e.